The summed E-state index contributed by atoms with van der Waals surface area (Å²) >= 11 is 0. The number of aliphatic hydroxyl groups excluding tert-OH is 2. The quantitative estimate of drug-likeness (QED) is 0.763. The monoisotopic (exact) mass is 304 g/mol. The third kappa shape index (κ3) is 4.64. The highest BCUT2D eigenvalue weighted by Crippen LogP contribution is 2.33. The van der Waals surface area contributed by atoms with Crippen molar-refractivity contribution in [3.63, 3.8) is 0 Å². The molecule has 124 valence electrons. The number of esters is 1. The molecule has 6 nitrogen and oxygen atoms in total. The Morgan fingerprint density at radius 2 is 1.76 bits per heavy atom. The predicted molar refractivity (Wildman–Crippen MR) is 76.5 cm³/mol. The van der Waals surface area contributed by atoms with Crippen LogP contribution in [-0.2, 0) is 19.0 Å². The maximum absolute atomic E-state index is 11.8. The summed E-state index contributed by atoms with van der Waals surface area (Å²) < 4.78 is 16.8. The molecule has 1 unspecified atom stereocenters. The van der Waals surface area contributed by atoms with Gasteiger partial charge < -0.3 is 24.4 Å². The molecule has 1 heterocycles. The van der Waals surface area contributed by atoms with Crippen LogP contribution < -0.4 is 0 Å². The van der Waals surface area contributed by atoms with Crippen molar-refractivity contribution in [2.24, 2.45) is 5.92 Å². The highest BCUT2D eigenvalue weighted by atomic mass is 16.7. The fourth-order valence-corrected chi connectivity index (χ4v) is 2.02. The smallest absolute Gasteiger partial charge is 0.308 e. The van der Waals surface area contributed by atoms with Gasteiger partial charge in [0.15, 0.2) is 12.4 Å². The summed E-state index contributed by atoms with van der Waals surface area (Å²) in [6.45, 7) is 12.2. The van der Waals surface area contributed by atoms with Crippen molar-refractivity contribution >= 4 is 5.97 Å². The van der Waals surface area contributed by atoms with Crippen molar-refractivity contribution in [3.8, 4) is 0 Å². The second-order valence-corrected chi connectivity index (χ2v) is 7.31. The summed E-state index contributed by atoms with van der Waals surface area (Å²) in [5.74, 6) is -0.823. The highest BCUT2D eigenvalue weighted by molar-refractivity contribution is 5.71. The van der Waals surface area contributed by atoms with Gasteiger partial charge in [-0.15, -0.1) is 0 Å². The van der Waals surface area contributed by atoms with Gasteiger partial charge in [0, 0.05) is 0 Å². The van der Waals surface area contributed by atoms with E-state index in [0.717, 1.165) is 0 Å². The third-order valence-corrected chi connectivity index (χ3v) is 3.25. The van der Waals surface area contributed by atoms with E-state index in [1.807, 2.05) is 20.8 Å². The molecule has 1 aliphatic heterocycles. The highest BCUT2D eigenvalue weighted by Gasteiger charge is 2.52. The van der Waals surface area contributed by atoms with Gasteiger partial charge in [0.1, 0.15) is 12.2 Å². The fraction of sp³-hybridized carbons (Fsp3) is 0.933. The molecule has 0 aromatic heterocycles. The van der Waals surface area contributed by atoms with Gasteiger partial charge in [-0.3, -0.25) is 4.79 Å². The van der Waals surface area contributed by atoms with Crippen molar-refractivity contribution in [2.45, 2.75) is 84.3 Å². The van der Waals surface area contributed by atoms with E-state index in [1.54, 1.807) is 27.7 Å². The van der Waals surface area contributed by atoms with E-state index in [9.17, 15) is 15.0 Å². The molecule has 0 amide bonds. The predicted octanol–water partition coefficient (Wildman–Crippen LogP) is 1.23. The van der Waals surface area contributed by atoms with E-state index < -0.39 is 41.8 Å². The first-order valence-electron chi connectivity index (χ1n) is 7.27. The summed E-state index contributed by atoms with van der Waals surface area (Å²) in [4.78, 5) is 11.8. The second kappa shape index (κ2) is 6.20. The first-order valence-corrected chi connectivity index (χ1v) is 7.27. The van der Waals surface area contributed by atoms with Crippen LogP contribution in [-0.4, -0.2) is 52.0 Å². The van der Waals surface area contributed by atoms with Crippen LogP contribution in [0.1, 0.15) is 48.5 Å². The lowest BCUT2D eigenvalue weighted by Crippen LogP contribution is -2.64. The van der Waals surface area contributed by atoms with Gasteiger partial charge in [-0.1, -0.05) is 13.8 Å². The molecule has 0 radical (unpaired) electrons. The maximum Gasteiger partial charge on any atom is 0.308 e. The van der Waals surface area contributed by atoms with E-state index in [2.05, 4.69) is 0 Å². The van der Waals surface area contributed by atoms with Gasteiger partial charge in [-0.25, -0.2) is 0 Å². The van der Waals surface area contributed by atoms with Gasteiger partial charge in [0.05, 0.1) is 17.1 Å². The van der Waals surface area contributed by atoms with Crippen LogP contribution in [0.4, 0.5) is 0 Å². The van der Waals surface area contributed by atoms with Crippen molar-refractivity contribution in [1.82, 2.24) is 0 Å². The molecule has 1 rings (SSSR count). The van der Waals surface area contributed by atoms with Gasteiger partial charge in [-0.2, -0.15) is 0 Å². The average molecular weight is 304 g/mol. The maximum atomic E-state index is 11.8. The molecular weight excluding hydrogens is 276 g/mol. The largest absolute Gasteiger partial charge is 0.454 e. The minimum atomic E-state index is -1.27. The van der Waals surface area contributed by atoms with Crippen molar-refractivity contribution < 1.29 is 29.2 Å². The number of carbonyl (C=O) groups is 1. The summed E-state index contributed by atoms with van der Waals surface area (Å²) in [6.07, 6.45) is -4.46. The number of carbonyl (C=O) groups excluding carboxylic acids is 1. The summed E-state index contributed by atoms with van der Waals surface area (Å²) in [5.41, 5.74) is -1.55. The molecule has 1 fully saturated rings. The van der Waals surface area contributed by atoms with Gasteiger partial charge >= 0.3 is 5.97 Å². The molecule has 0 saturated carbocycles. The Hall–Kier alpha value is -0.690. The number of hydrogen-bond donors (Lipinski definition) is 2. The molecule has 0 bridgehead atoms. The average Bonchev–Trinajstić information content (AvgIpc) is 2.29. The Morgan fingerprint density at radius 1 is 1.24 bits per heavy atom. The van der Waals surface area contributed by atoms with Crippen LogP contribution in [0.3, 0.4) is 0 Å². The molecule has 6 heteroatoms. The Labute approximate surface area is 126 Å². The van der Waals surface area contributed by atoms with Gasteiger partial charge in [0.2, 0.25) is 0 Å². The van der Waals surface area contributed by atoms with Crippen LogP contribution in [0.5, 0.6) is 0 Å². The SMILES string of the molecule is CC(C)C(=O)O[C@@H]1[C@H](OC(C)(C)C)OC(C)(C)C(O)[C@@H]1O. The van der Waals surface area contributed by atoms with Crippen LogP contribution in [0.25, 0.3) is 0 Å². The number of aliphatic hydroxyl groups is 2. The molecule has 1 saturated heterocycles. The minimum absolute atomic E-state index is 0.348. The number of ether oxygens (including phenoxy) is 3. The molecule has 0 spiro atoms. The van der Waals surface area contributed by atoms with E-state index >= 15 is 0 Å². The molecule has 0 aromatic carbocycles. The zero-order valence-electron chi connectivity index (χ0n) is 13.9. The zero-order chi connectivity index (χ0) is 16.6. The molecule has 1 aliphatic rings. The molecule has 4 atom stereocenters. The standard InChI is InChI=1S/C15H28O6/c1-8(2)12(18)19-10-9(16)11(17)15(6,7)21-13(10)20-14(3,4)5/h8-11,13,16-17H,1-7H3/t9-,10+,11?,13-/m1/s1. The Balaban J connectivity index is 2.99. The third-order valence-electron chi connectivity index (χ3n) is 3.25. The molecule has 21 heavy (non-hydrogen) atoms. The summed E-state index contributed by atoms with van der Waals surface area (Å²) in [5, 5.41) is 20.4. The zero-order valence-corrected chi connectivity index (χ0v) is 13.9. The van der Waals surface area contributed by atoms with E-state index in [-0.39, 0.29) is 5.92 Å². The Morgan fingerprint density at radius 3 is 2.19 bits per heavy atom. The van der Waals surface area contributed by atoms with Gasteiger partial charge in [0.25, 0.3) is 0 Å². The first kappa shape index (κ1) is 18.4. The van der Waals surface area contributed by atoms with E-state index in [0.29, 0.717) is 0 Å². The topological polar surface area (TPSA) is 85.2 Å². The molecular formula is C15H28O6. The first-order chi connectivity index (χ1) is 9.35. The molecule has 0 aliphatic carbocycles. The molecule has 0 aromatic rings. The van der Waals surface area contributed by atoms with Crippen molar-refractivity contribution in [2.75, 3.05) is 0 Å². The Bertz CT molecular complexity index is 371. The lowest BCUT2D eigenvalue weighted by molar-refractivity contribution is -0.342. The van der Waals surface area contributed by atoms with E-state index in [1.165, 1.54) is 0 Å². The normalized spacial score (nSPS) is 33.0. The fourth-order valence-electron chi connectivity index (χ4n) is 2.02. The summed E-state index contributed by atoms with van der Waals surface area (Å²) in [7, 11) is 0. The van der Waals surface area contributed by atoms with Crippen LogP contribution in [0.15, 0.2) is 0 Å². The van der Waals surface area contributed by atoms with Gasteiger partial charge in [-0.05, 0) is 34.6 Å². The van der Waals surface area contributed by atoms with E-state index in [4.69, 9.17) is 14.2 Å². The Kier molecular flexibility index (Phi) is 5.42. The lowest BCUT2D eigenvalue weighted by Gasteiger charge is -2.47. The van der Waals surface area contributed by atoms with Crippen LogP contribution in [0, 0.1) is 5.92 Å². The van der Waals surface area contributed by atoms with Crippen molar-refractivity contribution in [1.29, 1.82) is 0 Å². The lowest BCUT2D eigenvalue weighted by atomic mass is 9.89. The van der Waals surface area contributed by atoms with Crippen molar-refractivity contribution in [3.05, 3.63) is 0 Å². The second-order valence-electron chi connectivity index (χ2n) is 7.31. The number of hydrogen-bond acceptors (Lipinski definition) is 6. The van der Waals surface area contributed by atoms with Crippen LogP contribution >= 0.6 is 0 Å². The van der Waals surface area contributed by atoms with Crippen LogP contribution in [0.2, 0.25) is 0 Å². The summed E-state index contributed by atoms with van der Waals surface area (Å²) in [6, 6.07) is 0. The number of rotatable bonds is 3. The molecule has 2 N–H and O–H groups in total. The minimum Gasteiger partial charge on any atom is -0.454 e.